The van der Waals surface area contributed by atoms with Gasteiger partial charge in [-0.1, -0.05) is 12.1 Å². The van der Waals surface area contributed by atoms with E-state index in [4.69, 9.17) is 0 Å². The number of aromatic nitrogens is 1. The van der Waals surface area contributed by atoms with Gasteiger partial charge in [-0.2, -0.15) is 0 Å². The molecule has 0 bridgehead atoms. The number of aryl methyl sites for hydroxylation is 1. The summed E-state index contributed by atoms with van der Waals surface area (Å²) in [6, 6.07) is 8.97. The van der Waals surface area contributed by atoms with Gasteiger partial charge < -0.3 is 5.32 Å². The van der Waals surface area contributed by atoms with Crippen molar-refractivity contribution in [1.82, 2.24) is 10.3 Å². The molecule has 1 heterocycles. The van der Waals surface area contributed by atoms with Crippen LogP contribution in [0.15, 0.2) is 36.5 Å². The molecular weight excluding hydrogens is 227 g/mol. The summed E-state index contributed by atoms with van der Waals surface area (Å²) in [5, 5.41) is 3.18. The molecular formula is C15H17FN2. The van der Waals surface area contributed by atoms with E-state index in [2.05, 4.69) is 17.2 Å². The van der Waals surface area contributed by atoms with Crippen LogP contribution >= 0.6 is 0 Å². The van der Waals surface area contributed by atoms with Crippen LogP contribution in [0.3, 0.4) is 0 Å². The third-order valence-corrected chi connectivity index (χ3v) is 3.14. The predicted molar refractivity (Wildman–Crippen MR) is 71.8 cm³/mol. The minimum absolute atomic E-state index is 0.168. The molecule has 1 aromatic carbocycles. The Bertz CT molecular complexity index is 535. The minimum atomic E-state index is -0.224. The Hall–Kier alpha value is -1.74. The molecule has 2 rings (SSSR count). The summed E-state index contributed by atoms with van der Waals surface area (Å²) < 4.78 is 13.4. The summed E-state index contributed by atoms with van der Waals surface area (Å²) in [4.78, 5) is 4.27. The molecule has 0 spiro atoms. The lowest BCUT2D eigenvalue weighted by atomic mass is 9.96. The quantitative estimate of drug-likeness (QED) is 0.894. The first kappa shape index (κ1) is 12.7. The summed E-state index contributed by atoms with van der Waals surface area (Å²) in [6.45, 7) is 3.99. The molecule has 0 aliphatic rings. The monoisotopic (exact) mass is 244 g/mol. The van der Waals surface area contributed by atoms with Crippen LogP contribution in [0.5, 0.6) is 0 Å². The van der Waals surface area contributed by atoms with Gasteiger partial charge in [0.25, 0.3) is 0 Å². The van der Waals surface area contributed by atoms with Crippen molar-refractivity contribution in [3.63, 3.8) is 0 Å². The average Bonchev–Trinajstić information content (AvgIpc) is 2.38. The summed E-state index contributed by atoms with van der Waals surface area (Å²) in [5.74, 6) is -0.224. The zero-order chi connectivity index (χ0) is 13.1. The lowest BCUT2D eigenvalue weighted by Crippen LogP contribution is -2.13. The first-order valence-corrected chi connectivity index (χ1v) is 6.01. The van der Waals surface area contributed by atoms with Crippen LogP contribution in [0, 0.1) is 12.7 Å². The van der Waals surface area contributed by atoms with Gasteiger partial charge in [-0.05, 0) is 50.2 Å². The van der Waals surface area contributed by atoms with Gasteiger partial charge in [0.2, 0.25) is 0 Å². The molecule has 1 unspecified atom stereocenters. The number of nitrogens with zero attached hydrogens (tertiary/aromatic N) is 1. The fourth-order valence-corrected chi connectivity index (χ4v) is 1.94. The highest BCUT2D eigenvalue weighted by atomic mass is 19.1. The first-order valence-electron chi connectivity index (χ1n) is 6.01. The van der Waals surface area contributed by atoms with Gasteiger partial charge in [-0.15, -0.1) is 0 Å². The van der Waals surface area contributed by atoms with Gasteiger partial charge in [0.15, 0.2) is 0 Å². The summed E-state index contributed by atoms with van der Waals surface area (Å²) >= 11 is 0. The maximum atomic E-state index is 13.4. The highest BCUT2D eigenvalue weighted by molar-refractivity contribution is 5.67. The number of halogens is 1. The van der Waals surface area contributed by atoms with Crippen LogP contribution in [0.2, 0.25) is 0 Å². The Balaban J connectivity index is 2.54. The predicted octanol–water partition coefficient (Wildman–Crippen LogP) is 3.48. The van der Waals surface area contributed by atoms with Gasteiger partial charge in [-0.3, -0.25) is 4.98 Å². The Morgan fingerprint density at radius 3 is 2.61 bits per heavy atom. The maximum absolute atomic E-state index is 13.4. The summed E-state index contributed by atoms with van der Waals surface area (Å²) in [5.41, 5.74) is 3.87. The van der Waals surface area contributed by atoms with E-state index in [0.717, 1.165) is 22.4 Å². The Morgan fingerprint density at radius 2 is 2.00 bits per heavy atom. The van der Waals surface area contributed by atoms with Crippen molar-refractivity contribution in [3.8, 4) is 11.1 Å². The van der Waals surface area contributed by atoms with Gasteiger partial charge in [0, 0.05) is 23.5 Å². The molecule has 94 valence electrons. The molecule has 0 radical (unpaired) electrons. The van der Waals surface area contributed by atoms with Crippen LogP contribution in [-0.4, -0.2) is 12.0 Å². The Kier molecular flexibility index (Phi) is 3.72. The van der Waals surface area contributed by atoms with Crippen LogP contribution < -0.4 is 5.32 Å². The smallest absolute Gasteiger partial charge is 0.123 e. The van der Waals surface area contributed by atoms with E-state index in [-0.39, 0.29) is 11.9 Å². The van der Waals surface area contributed by atoms with E-state index in [9.17, 15) is 4.39 Å². The van der Waals surface area contributed by atoms with Crippen molar-refractivity contribution in [2.75, 3.05) is 7.05 Å². The van der Waals surface area contributed by atoms with Crippen molar-refractivity contribution >= 4 is 0 Å². The summed E-state index contributed by atoms with van der Waals surface area (Å²) in [7, 11) is 1.89. The normalized spacial score (nSPS) is 12.4. The van der Waals surface area contributed by atoms with Crippen molar-refractivity contribution in [2.45, 2.75) is 19.9 Å². The number of pyridine rings is 1. The maximum Gasteiger partial charge on any atom is 0.123 e. The second-order valence-electron chi connectivity index (χ2n) is 4.43. The zero-order valence-corrected chi connectivity index (χ0v) is 10.9. The van der Waals surface area contributed by atoms with Crippen molar-refractivity contribution in [2.24, 2.45) is 0 Å². The van der Waals surface area contributed by atoms with E-state index < -0.39 is 0 Å². The van der Waals surface area contributed by atoms with Crippen molar-refractivity contribution in [3.05, 3.63) is 53.6 Å². The molecule has 1 N–H and O–H groups in total. The number of hydrogen-bond donors (Lipinski definition) is 1. The zero-order valence-electron chi connectivity index (χ0n) is 10.9. The van der Waals surface area contributed by atoms with E-state index in [1.807, 2.05) is 32.2 Å². The number of benzene rings is 1. The first-order chi connectivity index (χ1) is 8.61. The molecule has 0 amide bonds. The topological polar surface area (TPSA) is 24.9 Å². The molecule has 0 aliphatic heterocycles. The van der Waals surface area contributed by atoms with E-state index in [1.54, 1.807) is 12.3 Å². The van der Waals surface area contributed by atoms with Gasteiger partial charge >= 0.3 is 0 Å². The Labute approximate surface area is 107 Å². The second-order valence-corrected chi connectivity index (χ2v) is 4.43. The number of hydrogen-bond acceptors (Lipinski definition) is 2. The SMILES string of the molecule is CNC(C)c1ccc(F)cc1-c1ccc(C)nc1. The molecule has 1 atom stereocenters. The van der Waals surface area contributed by atoms with Gasteiger partial charge in [0.05, 0.1) is 0 Å². The lowest BCUT2D eigenvalue weighted by Gasteiger charge is -2.16. The fourth-order valence-electron chi connectivity index (χ4n) is 1.94. The number of nitrogens with one attached hydrogen (secondary N) is 1. The molecule has 18 heavy (non-hydrogen) atoms. The molecule has 0 saturated carbocycles. The standard InChI is InChI=1S/C15H17FN2/c1-10-4-5-12(9-18-10)15-8-13(16)6-7-14(15)11(2)17-3/h4-9,11,17H,1-3H3. The molecule has 2 nitrogen and oxygen atoms in total. The second kappa shape index (κ2) is 5.27. The highest BCUT2D eigenvalue weighted by Gasteiger charge is 2.11. The number of rotatable bonds is 3. The molecule has 0 aliphatic carbocycles. The average molecular weight is 244 g/mol. The van der Waals surface area contributed by atoms with E-state index >= 15 is 0 Å². The van der Waals surface area contributed by atoms with E-state index in [1.165, 1.54) is 6.07 Å². The molecule has 0 fully saturated rings. The molecule has 3 heteroatoms. The largest absolute Gasteiger partial charge is 0.313 e. The minimum Gasteiger partial charge on any atom is -0.313 e. The Morgan fingerprint density at radius 1 is 1.22 bits per heavy atom. The van der Waals surface area contributed by atoms with Crippen molar-refractivity contribution < 1.29 is 4.39 Å². The third-order valence-electron chi connectivity index (χ3n) is 3.14. The van der Waals surface area contributed by atoms with E-state index in [0.29, 0.717) is 0 Å². The van der Waals surface area contributed by atoms with Crippen LogP contribution in [0.4, 0.5) is 4.39 Å². The van der Waals surface area contributed by atoms with Crippen LogP contribution in [-0.2, 0) is 0 Å². The van der Waals surface area contributed by atoms with Crippen molar-refractivity contribution in [1.29, 1.82) is 0 Å². The third kappa shape index (κ3) is 2.57. The molecule has 0 saturated heterocycles. The van der Waals surface area contributed by atoms with Gasteiger partial charge in [0.1, 0.15) is 5.82 Å². The fraction of sp³-hybridized carbons (Fsp3) is 0.267. The highest BCUT2D eigenvalue weighted by Crippen LogP contribution is 2.28. The van der Waals surface area contributed by atoms with Crippen LogP contribution in [0.25, 0.3) is 11.1 Å². The molecule has 2 aromatic rings. The molecule has 1 aromatic heterocycles. The van der Waals surface area contributed by atoms with Gasteiger partial charge in [-0.25, -0.2) is 4.39 Å². The summed E-state index contributed by atoms with van der Waals surface area (Å²) in [6.07, 6.45) is 1.79. The van der Waals surface area contributed by atoms with Crippen LogP contribution in [0.1, 0.15) is 24.2 Å². The lowest BCUT2D eigenvalue weighted by molar-refractivity contribution is 0.620.